The van der Waals surface area contributed by atoms with Gasteiger partial charge in [0.2, 0.25) is 11.5 Å². The van der Waals surface area contributed by atoms with Gasteiger partial charge in [0.25, 0.3) is 0 Å². The monoisotopic (exact) mass is 461 g/mol. The molecule has 1 N–H and O–H groups in total. The molecule has 7 nitrogen and oxygen atoms in total. The van der Waals surface area contributed by atoms with Gasteiger partial charge in [-0.2, -0.15) is 0 Å². The number of methoxy groups -OCH3 is 1. The highest BCUT2D eigenvalue weighted by Gasteiger charge is 2.62. The second-order valence-corrected chi connectivity index (χ2v) is 10.4. The van der Waals surface area contributed by atoms with Crippen LogP contribution in [0.15, 0.2) is 30.3 Å². The Morgan fingerprint density at radius 2 is 1.85 bits per heavy atom. The van der Waals surface area contributed by atoms with E-state index in [4.69, 9.17) is 14.2 Å². The molecule has 0 bridgehead atoms. The average molecular weight is 462 g/mol. The molecule has 3 rings (SSSR count). The van der Waals surface area contributed by atoms with Crippen LogP contribution in [0.25, 0.3) is 0 Å². The molecule has 1 saturated heterocycles. The van der Waals surface area contributed by atoms with Gasteiger partial charge in [-0.25, -0.2) is 4.79 Å². The van der Waals surface area contributed by atoms with E-state index in [9.17, 15) is 14.7 Å². The Balaban J connectivity index is 2.03. The molecule has 1 aromatic carbocycles. The third-order valence-corrected chi connectivity index (χ3v) is 7.25. The fourth-order valence-electron chi connectivity index (χ4n) is 5.51. The summed E-state index contributed by atoms with van der Waals surface area (Å²) < 4.78 is 17.9. The molecule has 6 atom stereocenters. The summed E-state index contributed by atoms with van der Waals surface area (Å²) in [5, 5.41) is 12.1. The molecule has 7 heteroatoms. The van der Waals surface area contributed by atoms with E-state index in [1.807, 2.05) is 6.07 Å². The first-order valence-corrected chi connectivity index (χ1v) is 11.9. The largest absolute Gasteiger partial charge is 0.460 e. The zero-order chi connectivity index (χ0) is 24.6. The molecule has 1 saturated carbocycles. The molecule has 1 aliphatic heterocycles. The predicted octanol–water partition coefficient (Wildman–Crippen LogP) is 3.83. The minimum atomic E-state index is -2.16. The standard InChI is InChI=1S/C26H39NO6/c1-16(2)20-14-13-17(3)15-21(20)32-24(29)26(30,19-11-9-8-10-12-19)22-23(31-7)27(18(4)28)25(5,6)33-22/h8-12,16-17,20-23,30H,13-15H2,1-7H3/t17-,20+,21-,22-,23?,26-/m1/s1. The number of hydrogen-bond acceptors (Lipinski definition) is 6. The Labute approximate surface area is 197 Å². The number of amides is 1. The van der Waals surface area contributed by atoms with Crippen molar-refractivity contribution in [2.75, 3.05) is 7.11 Å². The van der Waals surface area contributed by atoms with Crippen LogP contribution in [0, 0.1) is 17.8 Å². The first-order chi connectivity index (χ1) is 15.4. The van der Waals surface area contributed by atoms with Gasteiger partial charge in [-0.3, -0.25) is 9.69 Å². The number of rotatable bonds is 6. The van der Waals surface area contributed by atoms with Crippen molar-refractivity contribution in [3.63, 3.8) is 0 Å². The lowest BCUT2D eigenvalue weighted by molar-refractivity contribution is -0.206. The first-order valence-electron chi connectivity index (χ1n) is 11.9. The van der Waals surface area contributed by atoms with Crippen molar-refractivity contribution >= 4 is 11.9 Å². The minimum Gasteiger partial charge on any atom is -0.460 e. The number of benzene rings is 1. The lowest BCUT2D eigenvalue weighted by Gasteiger charge is -2.40. The Hall–Kier alpha value is -1.96. The average Bonchev–Trinajstić information content (AvgIpc) is 3.04. The zero-order valence-corrected chi connectivity index (χ0v) is 20.9. The lowest BCUT2D eigenvalue weighted by Crippen LogP contribution is -2.56. The number of carbonyl (C=O) groups is 2. The molecule has 1 amide bonds. The van der Waals surface area contributed by atoms with Crippen LogP contribution >= 0.6 is 0 Å². The van der Waals surface area contributed by atoms with Crippen LogP contribution in [0.2, 0.25) is 0 Å². The number of ether oxygens (including phenoxy) is 3. The molecule has 1 heterocycles. The second-order valence-electron chi connectivity index (χ2n) is 10.4. The van der Waals surface area contributed by atoms with Crippen LogP contribution in [-0.2, 0) is 29.4 Å². The third kappa shape index (κ3) is 4.81. The van der Waals surface area contributed by atoms with E-state index in [-0.39, 0.29) is 17.9 Å². The van der Waals surface area contributed by atoms with Gasteiger partial charge < -0.3 is 19.3 Å². The van der Waals surface area contributed by atoms with Gasteiger partial charge in [0.1, 0.15) is 17.9 Å². The molecule has 2 aliphatic rings. The Kier molecular flexibility index (Phi) is 7.56. The van der Waals surface area contributed by atoms with E-state index in [2.05, 4.69) is 20.8 Å². The highest BCUT2D eigenvalue weighted by atomic mass is 16.6. The highest BCUT2D eigenvalue weighted by Crippen LogP contribution is 2.44. The summed E-state index contributed by atoms with van der Waals surface area (Å²) >= 11 is 0. The van der Waals surface area contributed by atoms with Gasteiger partial charge in [-0.1, -0.05) is 57.5 Å². The smallest absolute Gasteiger partial charge is 0.346 e. The van der Waals surface area contributed by atoms with E-state index in [0.717, 1.165) is 19.3 Å². The summed E-state index contributed by atoms with van der Waals surface area (Å²) in [5.74, 6) is -0.0465. The van der Waals surface area contributed by atoms with Gasteiger partial charge in [0, 0.05) is 14.0 Å². The van der Waals surface area contributed by atoms with Crippen LogP contribution in [0.4, 0.5) is 0 Å². The summed E-state index contributed by atoms with van der Waals surface area (Å²) in [4.78, 5) is 27.7. The summed E-state index contributed by atoms with van der Waals surface area (Å²) in [6.45, 7) is 11.3. The van der Waals surface area contributed by atoms with E-state index in [0.29, 0.717) is 17.4 Å². The zero-order valence-electron chi connectivity index (χ0n) is 20.9. The number of carbonyl (C=O) groups excluding carboxylic acids is 2. The van der Waals surface area contributed by atoms with Crippen molar-refractivity contribution < 1.29 is 28.9 Å². The van der Waals surface area contributed by atoms with E-state index < -0.39 is 29.6 Å². The van der Waals surface area contributed by atoms with Crippen molar-refractivity contribution in [1.82, 2.24) is 4.90 Å². The van der Waals surface area contributed by atoms with E-state index >= 15 is 0 Å². The molecule has 1 unspecified atom stereocenters. The maximum absolute atomic E-state index is 13.8. The van der Waals surface area contributed by atoms with Gasteiger partial charge >= 0.3 is 5.97 Å². The number of esters is 1. The predicted molar refractivity (Wildman–Crippen MR) is 124 cm³/mol. The summed E-state index contributed by atoms with van der Waals surface area (Å²) in [6.07, 6.45) is 0.391. The van der Waals surface area contributed by atoms with Crippen molar-refractivity contribution in [3.8, 4) is 0 Å². The molecule has 33 heavy (non-hydrogen) atoms. The third-order valence-electron chi connectivity index (χ3n) is 7.25. The molecular formula is C26H39NO6. The van der Waals surface area contributed by atoms with Crippen LogP contribution in [-0.4, -0.2) is 53.2 Å². The van der Waals surface area contributed by atoms with E-state index in [1.54, 1.807) is 38.1 Å². The van der Waals surface area contributed by atoms with Crippen LogP contribution in [0.5, 0.6) is 0 Å². The normalized spacial score (nSPS) is 31.3. The SMILES string of the molecule is COC1[C@H]([C@@](O)(C(=O)O[C@@H]2C[C@H](C)CC[C@H]2C(C)C)c2ccccc2)OC(C)(C)N1C(C)=O. The van der Waals surface area contributed by atoms with Crippen LogP contribution in [0.3, 0.4) is 0 Å². The molecule has 0 spiro atoms. The molecule has 1 aliphatic carbocycles. The van der Waals surface area contributed by atoms with Crippen molar-refractivity contribution in [2.24, 2.45) is 17.8 Å². The first kappa shape index (κ1) is 25.7. The molecule has 2 fully saturated rings. The van der Waals surface area contributed by atoms with Gasteiger partial charge in [0.05, 0.1) is 0 Å². The minimum absolute atomic E-state index is 0.220. The van der Waals surface area contributed by atoms with Crippen molar-refractivity contribution in [1.29, 1.82) is 0 Å². The Bertz CT molecular complexity index is 840. The fraction of sp³-hybridized carbons (Fsp3) is 0.692. The van der Waals surface area contributed by atoms with E-state index in [1.165, 1.54) is 18.9 Å². The Morgan fingerprint density at radius 3 is 2.39 bits per heavy atom. The second kappa shape index (κ2) is 9.72. The molecule has 0 aromatic heterocycles. The quantitative estimate of drug-likeness (QED) is 0.648. The maximum Gasteiger partial charge on any atom is 0.346 e. The topological polar surface area (TPSA) is 85.3 Å². The highest BCUT2D eigenvalue weighted by molar-refractivity contribution is 5.83. The fourth-order valence-corrected chi connectivity index (χ4v) is 5.51. The molecule has 184 valence electrons. The Morgan fingerprint density at radius 1 is 1.21 bits per heavy atom. The summed E-state index contributed by atoms with van der Waals surface area (Å²) in [5.41, 5.74) is -2.90. The molecule has 1 aromatic rings. The summed E-state index contributed by atoms with van der Waals surface area (Å²) in [7, 11) is 1.44. The van der Waals surface area contributed by atoms with Gasteiger partial charge in [0.15, 0.2) is 6.23 Å². The van der Waals surface area contributed by atoms with Gasteiger partial charge in [-0.05, 0) is 50.0 Å². The summed E-state index contributed by atoms with van der Waals surface area (Å²) in [6, 6.07) is 8.64. The lowest BCUT2D eigenvalue weighted by atomic mass is 9.75. The maximum atomic E-state index is 13.8. The van der Waals surface area contributed by atoms with Gasteiger partial charge in [-0.15, -0.1) is 0 Å². The molecule has 0 radical (unpaired) electrons. The van der Waals surface area contributed by atoms with Crippen LogP contribution < -0.4 is 0 Å². The number of hydrogen-bond donors (Lipinski definition) is 1. The van der Waals surface area contributed by atoms with Crippen LogP contribution in [0.1, 0.15) is 66.4 Å². The molecular weight excluding hydrogens is 422 g/mol. The van der Waals surface area contributed by atoms with Crippen molar-refractivity contribution in [2.45, 2.75) is 90.6 Å². The number of nitrogens with zero attached hydrogens (tertiary/aromatic N) is 1. The number of aliphatic hydroxyl groups is 1. The van der Waals surface area contributed by atoms with Crippen molar-refractivity contribution in [3.05, 3.63) is 35.9 Å².